The second kappa shape index (κ2) is 4.33. The monoisotopic (exact) mass is 257 g/mol. The van der Waals surface area contributed by atoms with Gasteiger partial charge in [0, 0.05) is 18.8 Å². The van der Waals surface area contributed by atoms with Crippen LogP contribution in [0, 0.1) is 35.0 Å². The summed E-state index contributed by atoms with van der Waals surface area (Å²) in [6.45, 7) is 0. The second-order valence-electron chi connectivity index (χ2n) is 6.65. The van der Waals surface area contributed by atoms with Gasteiger partial charge in [0.25, 0.3) is 0 Å². The van der Waals surface area contributed by atoms with E-state index in [9.17, 15) is 0 Å². The van der Waals surface area contributed by atoms with E-state index in [1.165, 1.54) is 32.1 Å². The zero-order chi connectivity index (χ0) is 12.8. The molecule has 4 bridgehead atoms. The summed E-state index contributed by atoms with van der Waals surface area (Å²) in [6.07, 6.45) is 8.00. The Labute approximate surface area is 113 Å². The Morgan fingerprint density at radius 3 is 2.37 bits per heavy atom. The molecule has 0 saturated heterocycles. The van der Waals surface area contributed by atoms with Crippen LogP contribution in [0.4, 0.5) is 0 Å². The van der Waals surface area contributed by atoms with Crippen molar-refractivity contribution < 1.29 is 4.42 Å². The molecule has 100 valence electrons. The quantitative estimate of drug-likeness (QED) is 0.834. The highest BCUT2D eigenvalue weighted by molar-refractivity contribution is 5.08. The molecule has 0 aliphatic heterocycles. The zero-order valence-corrected chi connectivity index (χ0v) is 11.1. The van der Waals surface area contributed by atoms with E-state index in [1.54, 1.807) is 0 Å². The van der Waals surface area contributed by atoms with Gasteiger partial charge < -0.3 is 4.42 Å². The lowest BCUT2D eigenvalue weighted by molar-refractivity contribution is -0.0118. The van der Waals surface area contributed by atoms with Crippen molar-refractivity contribution in [1.82, 2.24) is 10.2 Å². The molecule has 0 radical (unpaired) electrons. The van der Waals surface area contributed by atoms with Gasteiger partial charge in [-0.15, -0.1) is 10.2 Å². The third-order valence-corrected chi connectivity index (χ3v) is 5.45. The number of aryl methyl sites for hydroxylation is 1. The summed E-state index contributed by atoms with van der Waals surface area (Å²) >= 11 is 0. The Kier molecular flexibility index (Phi) is 2.61. The van der Waals surface area contributed by atoms with Crippen LogP contribution in [0.25, 0.3) is 0 Å². The maximum absolute atomic E-state index is 8.61. The van der Waals surface area contributed by atoms with E-state index in [2.05, 4.69) is 16.3 Å². The molecule has 4 fully saturated rings. The first-order valence-electron chi connectivity index (χ1n) is 7.52. The fourth-order valence-corrected chi connectivity index (χ4v) is 4.99. The topological polar surface area (TPSA) is 62.7 Å². The highest BCUT2D eigenvalue weighted by Gasteiger charge is 2.50. The molecule has 0 atom stereocenters. The van der Waals surface area contributed by atoms with Crippen molar-refractivity contribution in [2.75, 3.05) is 0 Å². The molecule has 4 saturated carbocycles. The largest absolute Gasteiger partial charge is 0.425 e. The fourth-order valence-electron chi connectivity index (χ4n) is 4.99. The molecular weight excluding hydrogens is 238 g/mol. The summed E-state index contributed by atoms with van der Waals surface area (Å²) in [5.41, 5.74) is 0. The smallest absolute Gasteiger partial charge is 0.220 e. The summed E-state index contributed by atoms with van der Waals surface area (Å²) in [7, 11) is 0. The lowest BCUT2D eigenvalue weighted by Crippen LogP contribution is -2.43. The number of nitriles is 1. The van der Waals surface area contributed by atoms with Gasteiger partial charge in [-0.1, -0.05) is 0 Å². The van der Waals surface area contributed by atoms with Gasteiger partial charge in [0.15, 0.2) is 0 Å². The van der Waals surface area contributed by atoms with Gasteiger partial charge in [-0.25, -0.2) is 0 Å². The third-order valence-electron chi connectivity index (χ3n) is 5.45. The molecule has 19 heavy (non-hydrogen) atoms. The lowest BCUT2D eigenvalue weighted by atomic mass is 9.52. The van der Waals surface area contributed by atoms with E-state index in [4.69, 9.17) is 9.68 Å². The van der Waals surface area contributed by atoms with Gasteiger partial charge in [-0.2, -0.15) is 5.26 Å². The van der Waals surface area contributed by atoms with Crippen LogP contribution in [0.15, 0.2) is 4.42 Å². The molecule has 0 N–H and O–H groups in total. The minimum atomic E-state index is 0.462. The van der Waals surface area contributed by atoms with Gasteiger partial charge >= 0.3 is 0 Å². The van der Waals surface area contributed by atoms with Crippen molar-refractivity contribution in [3.8, 4) is 6.07 Å². The molecule has 1 aromatic heterocycles. The molecule has 0 aromatic carbocycles. The average Bonchev–Trinajstić information content (AvgIpc) is 2.83. The molecule has 0 unspecified atom stereocenters. The maximum Gasteiger partial charge on any atom is 0.220 e. The van der Waals surface area contributed by atoms with Crippen LogP contribution >= 0.6 is 0 Å². The Morgan fingerprint density at radius 1 is 1.05 bits per heavy atom. The number of nitrogens with zero attached hydrogens (tertiary/aromatic N) is 3. The zero-order valence-electron chi connectivity index (χ0n) is 11.1. The first kappa shape index (κ1) is 11.5. The molecule has 5 rings (SSSR count). The van der Waals surface area contributed by atoms with Crippen molar-refractivity contribution in [3.05, 3.63) is 11.8 Å². The van der Waals surface area contributed by atoms with Gasteiger partial charge in [0.1, 0.15) is 0 Å². The first-order valence-corrected chi connectivity index (χ1v) is 7.52. The summed E-state index contributed by atoms with van der Waals surface area (Å²) in [6, 6.07) is 2.13. The predicted octanol–water partition coefficient (Wildman–Crippen LogP) is 3.07. The van der Waals surface area contributed by atoms with E-state index < -0.39 is 0 Å². The van der Waals surface area contributed by atoms with E-state index in [-0.39, 0.29) is 0 Å². The molecular formula is C15H19N3O. The molecule has 4 heteroatoms. The van der Waals surface area contributed by atoms with Crippen LogP contribution in [0.3, 0.4) is 0 Å². The van der Waals surface area contributed by atoms with Crippen LogP contribution < -0.4 is 0 Å². The van der Waals surface area contributed by atoms with Crippen molar-refractivity contribution in [3.63, 3.8) is 0 Å². The minimum absolute atomic E-state index is 0.462. The van der Waals surface area contributed by atoms with Crippen molar-refractivity contribution in [2.45, 2.75) is 50.9 Å². The van der Waals surface area contributed by atoms with Gasteiger partial charge in [-0.05, 0) is 55.8 Å². The molecule has 4 aliphatic rings. The van der Waals surface area contributed by atoms with E-state index in [0.717, 1.165) is 29.6 Å². The predicted molar refractivity (Wildman–Crippen MR) is 68.0 cm³/mol. The van der Waals surface area contributed by atoms with Crippen LogP contribution in [0.1, 0.15) is 56.2 Å². The Hall–Kier alpha value is -1.37. The Morgan fingerprint density at radius 2 is 1.74 bits per heavy atom. The van der Waals surface area contributed by atoms with Crippen LogP contribution in [-0.4, -0.2) is 10.2 Å². The van der Waals surface area contributed by atoms with Gasteiger partial charge in [0.2, 0.25) is 11.8 Å². The molecule has 0 spiro atoms. The number of hydrogen-bond acceptors (Lipinski definition) is 4. The summed E-state index contributed by atoms with van der Waals surface area (Å²) in [4.78, 5) is 0. The fraction of sp³-hybridized carbons (Fsp3) is 0.800. The molecule has 4 aliphatic carbocycles. The van der Waals surface area contributed by atoms with Crippen molar-refractivity contribution in [2.24, 2.45) is 23.7 Å². The average molecular weight is 257 g/mol. The molecule has 1 aromatic rings. The molecule has 4 nitrogen and oxygen atoms in total. The van der Waals surface area contributed by atoms with Crippen LogP contribution in [0.5, 0.6) is 0 Å². The number of aromatic nitrogens is 2. The van der Waals surface area contributed by atoms with Crippen molar-refractivity contribution in [1.29, 1.82) is 5.26 Å². The van der Waals surface area contributed by atoms with E-state index >= 15 is 0 Å². The van der Waals surface area contributed by atoms with Gasteiger partial charge in [-0.3, -0.25) is 0 Å². The van der Waals surface area contributed by atoms with E-state index in [0.29, 0.717) is 24.7 Å². The maximum atomic E-state index is 8.61. The standard InChI is InChI=1S/C15H19N3O/c16-3-1-2-13-17-18-15(19-13)14-11-5-9-4-10(7-11)8-12(14)6-9/h9-12,14H,1-2,4-8H2. The normalized spacial score (nSPS) is 39.4. The second-order valence-corrected chi connectivity index (χ2v) is 6.65. The van der Waals surface area contributed by atoms with Crippen LogP contribution in [0.2, 0.25) is 0 Å². The number of rotatable bonds is 3. The summed E-state index contributed by atoms with van der Waals surface area (Å²) < 4.78 is 5.84. The summed E-state index contributed by atoms with van der Waals surface area (Å²) in [5, 5.41) is 17.0. The minimum Gasteiger partial charge on any atom is -0.425 e. The number of hydrogen-bond donors (Lipinski definition) is 0. The Balaban J connectivity index is 1.56. The highest BCUT2D eigenvalue weighted by Crippen LogP contribution is 2.59. The Bertz CT molecular complexity index is 488. The molecule has 0 amide bonds. The lowest BCUT2D eigenvalue weighted by Gasteiger charge is -2.53. The van der Waals surface area contributed by atoms with Crippen LogP contribution in [-0.2, 0) is 6.42 Å². The highest BCUT2D eigenvalue weighted by atomic mass is 16.4. The van der Waals surface area contributed by atoms with Gasteiger partial charge in [0.05, 0.1) is 6.07 Å². The first-order chi connectivity index (χ1) is 9.33. The van der Waals surface area contributed by atoms with Crippen molar-refractivity contribution >= 4 is 0 Å². The SMILES string of the molecule is N#CCCc1nnc(C2C3CC4CC(C3)CC2C4)o1. The third kappa shape index (κ3) is 1.87. The summed E-state index contributed by atoms with van der Waals surface area (Å²) in [5.74, 6) is 5.52. The molecule has 1 heterocycles. The van der Waals surface area contributed by atoms with E-state index in [1.807, 2.05) is 0 Å².